The first-order chi connectivity index (χ1) is 8.16. The van der Waals surface area contributed by atoms with Gasteiger partial charge in [-0.25, -0.2) is 0 Å². The van der Waals surface area contributed by atoms with Crippen LogP contribution >= 0.6 is 0 Å². The van der Waals surface area contributed by atoms with E-state index in [9.17, 15) is 0 Å². The first kappa shape index (κ1) is 12.4. The molecular weight excluding hydrogens is 214 g/mol. The SMILES string of the molecule is CC(C)c1cccc(OC2COCCC2N)c1. The van der Waals surface area contributed by atoms with E-state index >= 15 is 0 Å². The molecule has 0 amide bonds. The predicted octanol–water partition coefficient (Wildman–Crippen LogP) is 2.30. The molecule has 2 unspecified atom stereocenters. The second-order valence-corrected chi connectivity index (χ2v) is 4.91. The fraction of sp³-hybridized carbons (Fsp3) is 0.571. The molecule has 2 rings (SSSR count). The third kappa shape index (κ3) is 3.20. The summed E-state index contributed by atoms with van der Waals surface area (Å²) in [5.41, 5.74) is 7.30. The zero-order chi connectivity index (χ0) is 12.3. The summed E-state index contributed by atoms with van der Waals surface area (Å²) in [7, 11) is 0. The average Bonchev–Trinajstić information content (AvgIpc) is 2.32. The van der Waals surface area contributed by atoms with Crippen molar-refractivity contribution in [3.05, 3.63) is 29.8 Å². The van der Waals surface area contributed by atoms with Gasteiger partial charge in [-0.05, 0) is 30.0 Å². The Hall–Kier alpha value is -1.06. The predicted molar refractivity (Wildman–Crippen MR) is 68.4 cm³/mol. The minimum atomic E-state index is -0.0221. The maximum atomic E-state index is 6.02. The van der Waals surface area contributed by atoms with Gasteiger partial charge in [0.2, 0.25) is 0 Å². The van der Waals surface area contributed by atoms with Gasteiger partial charge in [0.05, 0.1) is 6.61 Å². The Bertz CT molecular complexity index is 365. The minimum Gasteiger partial charge on any atom is -0.486 e. The van der Waals surface area contributed by atoms with Crippen molar-refractivity contribution in [3.63, 3.8) is 0 Å². The van der Waals surface area contributed by atoms with Crippen LogP contribution in [0.15, 0.2) is 24.3 Å². The van der Waals surface area contributed by atoms with Crippen LogP contribution in [0.25, 0.3) is 0 Å². The van der Waals surface area contributed by atoms with E-state index in [0.717, 1.165) is 18.8 Å². The summed E-state index contributed by atoms with van der Waals surface area (Å²) in [4.78, 5) is 0. The van der Waals surface area contributed by atoms with E-state index in [1.807, 2.05) is 12.1 Å². The number of hydrogen-bond acceptors (Lipinski definition) is 3. The molecule has 0 aromatic heterocycles. The van der Waals surface area contributed by atoms with Crippen molar-refractivity contribution in [3.8, 4) is 5.75 Å². The molecule has 1 fully saturated rings. The zero-order valence-electron chi connectivity index (χ0n) is 10.6. The van der Waals surface area contributed by atoms with Gasteiger partial charge in [-0.3, -0.25) is 0 Å². The van der Waals surface area contributed by atoms with Crippen LogP contribution in [0.4, 0.5) is 0 Å². The quantitative estimate of drug-likeness (QED) is 0.874. The van der Waals surface area contributed by atoms with Crippen LogP contribution in [-0.4, -0.2) is 25.4 Å². The monoisotopic (exact) mass is 235 g/mol. The van der Waals surface area contributed by atoms with Crippen molar-refractivity contribution in [2.45, 2.75) is 38.3 Å². The van der Waals surface area contributed by atoms with Gasteiger partial charge in [-0.1, -0.05) is 26.0 Å². The molecule has 0 saturated carbocycles. The van der Waals surface area contributed by atoms with E-state index in [4.69, 9.17) is 15.2 Å². The van der Waals surface area contributed by atoms with Crippen LogP contribution in [-0.2, 0) is 4.74 Å². The summed E-state index contributed by atoms with van der Waals surface area (Å²) in [6, 6.07) is 8.29. The van der Waals surface area contributed by atoms with Crippen molar-refractivity contribution in [2.75, 3.05) is 13.2 Å². The van der Waals surface area contributed by atoms with Gasteiger partial charge in [0, 0.05) is 12.6 Å². The van der Waals surface area contributed by atoms with Crippen LogP contribution < -0.4 is 10.5 Å². The van der Waals surface area contributed by atoms with E-state index in [1.165, 1.54) is 5.56 Å². The third-order valence-corrected chi connectivity index (χ3v) is 3.17. The van der Waals surface area contributed by atoms with Crippen molar-refractivity contribution >= 4 is 0 Å². The second kappa shape index (κ2) is 5.52. The summed E-state index contributed by atoms with van der Waals surface area (Å²) >= 11 is 0. The summed E-state index contributed by atoms with van der Waals surface area (Å²) < 4.78 is 11.3. The number of rotatable bonds is 3. The lowest BCUT2D eigenvalue weighted by atomic mass is 10.0. The molecule has 1 aromatic carbocycles. The van der Waals surface area contributed by atoms with Gasteiger partial charge >= 0.3 is 0 Å². The second-order valence-electron chi connectivity index (χ2n) is 4.91. The lowest BCUT2D eigenvalue weighted by Gasteiger charge is -2.29. The van der Waals surface area contributed by atoms with E-state index < -0.39 is 0 Å². The summed E-state index contributed by atoms with van der Waals surface area (Å²) in [5.74, 6) is 1.40. The standard InChI is InChI=1S/C14H21NO2/c1-10(2)11-4-3-5-12(8-11)17-14-9-16-7-6-13(14)15/h3-5,8,10,13-14H,6-7,9,15H2,1-2H3. The van der Waals surface area contributed by atoms with Crippen molar-refractivity contribution < 1.29 is 9.47 Å². The highest BCUT2D eigenvalue weighted by atomic mass is 16.5. The van der Waals surface area contributed by atoms with E-state index in [0.29, 0.717) is 12.5 Å². The maximum Gasteiger partial charge on any atom is 0.137 e. The molecule has 1 aliphatic rings. The van der Waals surface area contributed by atoms with Crippen LogP contribution in [0.1, 0.15) is 31.7 Å². The van der Waals surface area contributed by atoms with E-state index in [1.54, 1.807) is 0 Å². The Morgan fingerprint density at radius 1 is 1.41 bits per heavy atom. The maximum absolute atomic E-state index is 6.02. The molecule has 1 saturated heterocycles. The van der Waals surface area contributed by atoms with Crippen LogP contribution in [0.2, 0.25) is 0 Å². The van der Waals surface area contributed by atoms with Crippen molar-refractivity contribution in [2.24, 2.45) is 5.73 Å². The lowest BCUT2D eigenvalue weighted by Crippen LogP contribution is -2.46. The summed E-state index contributed by atoms with van der Waals surface area (Å²) in [6.07, 6.45) is 0.848. The molecular formula is C14H21NO2. The molecule has 2 atom stereocenters. The fourth-order valence-electron chi connectivity index (χ4n) is 1.97. The Labute approximate surface area is 103 Å². The molecule has 0 bridgehead atoms. The molecule has 1 aromatic rings. The molecule has 1 heterocycles. The topological polar surface area (TPSA) is 44.5 Å². The average molecular weight is 235 g/mol. The van der Waals surface area contributed by atoms with Crippen LogP contribution in [0, 0.1) is 0 Å². The zero-order valence-corrected chi connectivity index (χ0v) is 10.6. The molecule has 3 heteroatoms. The molecule has 0 radical (unpaired) electrons. The highest BCUT2D eigenvalue weighted by Gasteiger charge is 2.24. The summed E-state index contributed by atoms with van der Waals surface area (Å²) in [6.45, 7) is 5.68. The molecule has 2 N–H and O–H groups in total. The largest absolute Gasteiger partial charge is 0.486 e. The van der Waals surface area contributed by atoms with Gasteiger partial charge in [0.15, 0.2) is 0 Å². The highest BCUT2D eigenvalue weighted by molar-refractivity contribution is 5.30. The first-order valence-corrected chi connectivity index (χ1v) is 6.27. The Kier molecular flexibility index (Phi) is 4.02. The molecule has 0 aliphatic carbocycles. The molecule has 1 aliphatic heterocycles. The third-order valence-electron chi connectivity index (χ3n) is 3.17. The smallest absolute Gasteiger partial charge is 0.137 e. The van der Waals surface area contributed by atoms with Crippen molar-refractivity contribution in [1.82, 2.24) is 0 Å². The van der Waals surface area contributed by atoms with Crippen LogP contribution in [0.3, 0.4) is 0 Å². The first-order valence-electron chi connectivity index (χ1n) is 6.27. The van der Waals surface area contributed by atoms with Gasteiger partial charge < -0.3 is 15.2 Å². The number of nitrogens with two attached hydrogens (primary N) is 1. The fourth-order valence-corrected chi connectivity index (χ4v) is 1.97. The van der Waals surface area contributed by atoms with E-state index in [2.05, 4.69) is 26.0 Å². The van der Waals surface area contributed by atoms with Crippen LogP contribution in [0.5, 0.6) is 5.75 Å². The highest BCUT2D eigenvalue weighted by Crippen LogP contribution is 2.22. The molecule has 3 nitrogen and oxygen atoms in total. The molecule has 0 spiro atoms. The van der Waals surface area contributed by atoms with Gasteiger partial charge in [-0.2, -0.15) is 0 Å². The number of ether oxygens (including phenoxy) is 2. The van der Waals surface area contributed by atoms with Gasteiger partial charge in [-0.15, -0.1) is 0 Å². The van der Waals surface area contributed by atoms with Crippen molar-refractivity contribution in [1.29, 1.82) is 0 Å². The minimum absolute atomic E-state index is 0.0221. The number of benzene rings is 1. The van der Waals surface area contributed by atoms with Gasteiger partial charge in [0.25, 0.3) is 0 Å². The lowest BCUT2D eigenvalue weighted by molar-refractivity contribution is -0.00534. The normalized spacial score (nSPS) is 24.9. The Balaban J connectivity index is 2.04. The Morgan fingerprint density at radius 2 is 2.24 bits per heavy atom. The molecule has 17 heavy (non-hydrogen) atoms. The van der Waals surface area contributed by atoms with E-state index in [-0.39, 0.29) is 12.1 Å². The summed E-state index contributed by atoms with van der Waals surface area (Å²) in [5, 5.41) is 0. The number of hydrogen-bond donors (Lipinski definition) is 1. The van der Waals surface area contributed by atoms with Gasteiger partial charge in [0.1, 0.15) is 11.9 Å². The Morgan fingerprint density at radius 3 is 2.94 bits per heavy atom. The molecule has 94 valence electrons.